The molecule has 0 radical (unpaired) electrons. The van der Waals surface area contributed by atoms with Crippen molar-refractivity contribution in [3.63, 3.8) is 0 Å². The van der Waals surface area contributed by atoms with E-state index in [0.29, 0.717) is 17.2 Å². The lowest BCUT2D eigenvalue weighted by molar-refractivity contribution is 0.510. The minimum atomic E-state index is -3.18. The molecule has 0 saturated heterocycles. The third kappa shape index (κ3) is 4.23. The first-order valence-electron chi connectivity index (χ1n) is 7.00. The Morgan fingerprint density at radius 1 is 1.16 bits per heavy atom. The Morgan fingerprint density at radius 3 is 2.32 bits per heavy atom. The first-order valence-corrected chi connectivity index (χ1v) is 8.65. The van der Waals surface area contributed by atoms with Gasteiger partial charge < -0.3 is 5.32 Å². The maximum absolute atomic E-state index is 12.3. The van der Waals surface area contributed by atoms with Crippen molar-refractivity contribution in [1.82, 2.24) is 0 Å². The van der Waals surface area contributed by atoms with Crippen LogP contribution in [0.5, 0.6) is 0 Å². The quantitative estimate of drug-likeness (QED) is 0.829. The van der Waals surface area contributed by atoms with E-state index >= 15 is 0 Å². The fourth-order valence-corrected chi connectivity index (χ4v) is 3.68. The Labute approximate surface area is 117 Å². The van der Waals surface area contributed by atoms with Crippen molar-refractivity contribution in [3.8, 4) is 0 Å². The SMILES string of the molecule is CCCS(=O)(=O)c1ccccc1NC(CC)C(C)C. The molecule has 1 N–H and O–H groups in total. The first kappa shape index (κ1) is 16.0. The molecular weight excluding hydrogens is 258 g/mol. The van der Waals surface area contributed by atoms with Gasteiger partial charge in [-0.1, -0.05) is 39.8 Å². The summed E-state index contributed by atoms with van der Waals surface area (Å²) in [5.41, 5.74) is 0.733. The monoisotopic (exact) mass is 283 g/mol. The lowest BCUT2D eigenvalue weighted by Gasteiger charge is -2.23. The van der Waals surface area contributed by atoms with Crippen LogP contribution in [-0.4, -0.2) is 20.2 Å². The number of sulfone groups is 1. The van der Waals surface area contributed by atoms with Crippen molar-refractivity contribution in [2.24, 2.45) is 5.92 Å². The van der Waals surface area contributed by atoms with Crippen LogP contribution < -0.4 is 5.32 Å². The molecule has 0 spiro atoms. The van der Waals surface area contributed by atoms with Crippen molar-refractivity contribution in [2.45, 2.75) is 51.5 Å². The summed E-state index contributed by atoms with van der Waals surface area (Å²) in [6.07, 6.45) is 1.61. The van der Waals surface area contributed by atoms with Crippen molar-refractivity contribution in [1.29, 1.82) is 0 Å². The van der Waals surface area contributed by atoms with Crippen LogP contribution >= 0.6 is 0 Å². The van der Waals surface area contributed by atoms with Crippen LogP contribution in [0.4, 0.5) is 5.69 Å². The van der Waals surface area contributed by atoms with Crippen LogP contribution in [-0.2, 0) is 9.84 Å². The van der Waals surface area contributed by atoms with Gasteiger partial charge in [0.1, 0.15) is 0 Å². The van der Waals surface area contributed by atoms with Gasteiger partial charge in [0, 0.05) is 6.04 Å². The van der Waals surface area contributed by atoms with Gasteiger partial charge >= 0.3 is 0 Å². The van der Waals surface area contributed by atoms with Crippen LogP contribution in [0.3, 0.4) is 0 Å². The normalized spacial score (nSPS) is 13.5. The van der Waals surface area contributed by atoms with Gasteiger partial charge in [0.05, 0.1) is 16.3 Å². The third-order valence-electron chi connectivity index (χ3n) is 3.28. The van der Waals surface area contributed by atoms with Gasteiger partial charge in [0.2, 0.25) is 0 Å². The topological polar surface area (TPSA) is 46.2 Å². The van der Waals surface area contributed by atoms with Crippen LogP contribution in [0.25, 0.3) is 0 Å². The molecule has 1 aromatic rings. The lowest BCUT2D eigenvalue weighted by Crippen LogP contribution is -2.25. The molecule has 0 bridgehead atoms. The number of hydrogen-bond donors (Lipinski definition) is 1. The van der Waals surface area contributed by atoms with Gasteiger partial charge in [-0.25, -0.2) is 8.42 Å². The highest BCUT2D eigenvalue weighted by Gasteiger charge is 2.19. The van der Waals surface area contributed by atoms with Gasteiger partial charge in [0.15, 0.2) is 9.84 Å². The highest BCUT2D eigenvalue weighted by atomic mass is 32.2. The summed E-state index contributed by atoms with van der Waals surface area (Å²) in [6.45, 7) is 8.28. The van der Waals surface area contributed by atoms with E-state index in [-0.39, 0.29) is 11.8 Å². The largest absolute Gasteiger partial charge is 0.381 e. The number of benzene rings is 1. The standard InChI is InChI=1S/C15H25NO2S/c1-5-11-19(17,18)15-10-8-7-9-14(15)16-13(6-2)12(3)4/h7-10,12-13,16H,5-6,11H2,1-4H3. The number of rotatable bonds is 7. The maximum atomic E-state index is 12.3. The molecule has 1 rings (SSSR count). The van der Waals surface area contributed by atoms with Gasteiger partial charge in [-0.15, -0.1) is 0 Å². The van der Waals surface area contributed by atoms with Gasteiger partial charge in [-0.2, -0.15) is 0 Å². The summed E-state index contributed by atoms with van der Waals surface area (Å²) in [6, 6.07) is 7.50. The molecule has 0 aliphatic rings. The Morgan fingerprint density at radius 2 is 1.79 bits per heavy atom. The van der Waals surface area contributed by atoms with Crippen molar-refractivity contribution < 1.29 is 8.42 Å². The predicted octanol–water partition coefficient (Wildman–Crippen LogP) is 3.72. The Balaban J connectivity index is 3.09. The van der Waals surface area contributed by atoms with Crippen molar-refractivity contribution in [2.75, 3.05) is 11.1 Å². The molecule has 108 valence electrons. The average Bonchev–Trinajstić information content (AvgIpc) is 2.35. The van der Waals surface area contributed by atoms with E-state index in [2.05, 4.69) is 26.1 Å². The van der Waals surface area contributed by atoms with E-state index < -0.39 is 9.84 Å². The summed E-state index contributed by atoms with van der Waals surface area (Å²) in [5, 5.41) is 3.38. The lowest BCUT2D eigenvalue weighted by atomic mass is 10.0. The smallest absolute Gasteiger partial charge is 0.180 e. The van der Waals surface area contributed by atoms with E-state index in [1.165, 1.54) is 0 Å². The van der Waals surface area contributed by atoms with Crippen molar-refractivity contribution >= 4 is 15.5 Å². The predicted molar refractivity (Wildman–Crippen MR) is 81.3 cm³/mol. The minimum absolute atomic E-state index is 0.199. The Kier molecular flexibility index (Phi) is 5.85. The molecule has 0 saturated carbocycles. The summed E-state index contributed by atoms with van der Waals surface area (Å²) >= 11 is 0. The fourth-order valence-electron chi connectivity index (χ4n) is 2.18. The third-order valence-corrected chi connectivity index (χ3v) is 5.25. The Bertz CT molecular complexity index is 495. The number of anilines is 1. The molecule has 0 aliphatic carbocycles. The molecule has 4 heteroatoms. The van der Waals surface area contributed by atoms with E-state index in [9.17, 15) is 8.42 Å². The zero-order chi connectivity index (χ0) is 14.5. The van der Waals surface area contributed by atoms with E-state index in [4.69, 9.17) is 0 Å². The molecule has 1 atom stereocenters. The van der Waals surface area contributed by atoms with Crippen LogP contribution in [0.1, 0.15) is 40.5 Å². The molecule has 0 fully saturated rings. The highest BCUT2D eigenvalue weighted by molar-refractivity contribution is 7.91. The van der Waals surface area contributed by atoms with Crippen LogP contribution in [0, 0.1) is 5.92 Å². The second-order valence-electron chi connectivity index (χ2n) is 5.22. The molecule has 0 aliphatic heterocycles. The van der Waals surface area contributed by atoms with Gasteiger partial charge in [-0.3, -0.25) is 0 Å². The fraction of sp³-hybridized carbons (Fsp3) is 0.600. The number of para-hydroxylation sites is 1. The average molecular weight is 283 g/mol. The molecule has 0 aromatic heterocycles. The molecule has 1 aromatic carbocycles. The zero-order valence-electron chi connectivity index (χ0n) is 12.3. The van der Waals surface area contributed by atoms with E-state index in [1.54, 1.807) is 12.1 Å². The second kappa shape index (κ2) is 6.94. The van der Waals surface area contributed by atoms with Crippen LogP contribution in [0.2, 0.25) is 0 Å². The highest BCUT2D eigenvalue weighted by Crippen LogP contribution is 2.25. The van der Waals surface area contributed by atoms with Gasteiger partial charge in [0.25, 0.3) is 0 Å². The van der Waals surface area contributed by atoms with E-state index in [1.807, 2.05) is 19.1 Å². The molecular formula is C15H25NO2S. The van der Waals surface area contributed by atoms with E-state index in [0.717, 1.165) is 12.1 Å². The van der Waals surface area contributed by atoms with Gasteiger partial charge in [-0.05, 0) is 30.9 Å². The van der Waals surface area contributed by atoms with Crippen molar-refractivity contribution in [3.05, 3.63) is 24.3 Å². The molecule has 0 amide bonds. The second-order valence-corrected chi connectivity index (χ2v) is 7.30. The number of nitrogens with one attached hydrogen (secondary N) is 1. The maximum Gasteiger partial charge on any atom is 0.180 e. The molecule has 1 unspecified atom stereocenters. The summed E-state index contributed by atoms with van der Waals surface area (Å²) in [7, 11) is -3.18. The first-order chi connectivity index (χ1) is 8.92. The Hall–Kier alpha value is -1.03. The zero-order valence-corrected chi connectivity index (χ0v) is 13.1. The molecule has 3 nitrogen and oxygen atoms in total. The summed E-state index contributed by atoms with van der Waals surface area (Å²) in [4.78, 5) is 0.427. The number of hydrogen-bond acceptors (Lipinski definition) is 3. The minimum Gasteiger partial charge on any atom is -0.381 e. The summed E-state index contributed by atoms with van der Waals surface area (Å²) in [5.74, 6) is 0.663. The molecule has 19 heavy (non-hydrogen) atoms. The summed E-state index contributed by atoms with van der Waals surface area (Å²) < 4.78 is 24.5. The molecule has 0 heterocycles. The van der Waals surface area contributed by atoms with Crippen LogP contribution in [0.15, 0.2) is 29.2 Å².